The second-order valence-corrected chi connectivity index (χ2v) is 7.06. The van der Waals surface area contributed by atoms with Crippen LogP contribution in [0.4, 0.5) is 4.39 Å². The summed E-state index contributed by atoms with van der Waals surface area (Å²) in [5.41, 5.74) is -0.666. The van der Waals surface area contributed by atoms with Crippen LogP contribution in [0.3, 0.4) is 0 Å². The van der Waals surface area contributed by atoms with Crippen LogP contribution >= 0.6 is 0 Å². The molecule has 0 spiro atoms. The number of sulfonamides is 1. The fourth-order valence-electron chi connectivity index (χ4n) is 1.79. The summed E-state index contributed by atoms with van der Waals surface area (Å²) in [7, 11) is -3.80. The molecule has 0 saturated carbocycles. The largest absolute Gasteiger partial charge is 0.389 e. The molecule has 1 aromatic rings. The van der Waals surface area contributed by atoms with Crippen molar-refractivity contribution in [2.75, 3.05) is 13.1 Å². The minimum atomic E-state index is -3.80. The Morgan fingerprint density at radius 1 is 1.37 bits per heavy atom. The fourth-order valence-corrected chi connectivity index (χ4v) is 3.63. The third-order valence-corrected chi connectivity index (χ3v) is 4.75. The van der Waals surface area contributed by atoms with Crippen LogP contribution in [-0.2, 0) is 10.0 Å². The van der Waals surface area contributed by atoms with Gasteiger partial charge in [-0.1, -0.05) is 13.0 Å². The summed E-state index contributed by atoms with van der Waals surface area (Å²) in [6.07, 6.45) is 0. The van der Waals surface area contributed by atoms with Crippen LogP contribution in [0, 0.1) is 12.7 Å². The van der Waals surface area contributed by atoms with Gasteiger partial charge in [0, 0.05) is 13.1 Å². The number of aryl methyl sites for hydroxylation is 1. The van der Waals surface area contributed by atoms with Gasteiger partial charge >= 0.3 is 0 Å². The molecule has 0 amide bonds. The number of hydrogen-bond acceptors (Lipinski definition) is 3. The smallest absolute Gasteiger partial charge is 0.243 e. The molecule has 0 aliphatic carbocycles. The third kappa shape index (κ3) is 3.99. The van der Waals surface area contributed by atoms with E-state index in [0.717, 1.165) is 10.4 Å². The van der Waals surface area contributed by atoms with E-state index in [1.807, 2.05) is 0 Å². The van der Waals surface area contributed by atoms with Gasteiger partial charge in [0.15, 0.2) is 0 Å². The van der Waals surface area contributed by atoms with Gasteiger partial charge in [0.2, 0.25) is 10.0 Å². The predicted molar refractivity (Wildman–Crippen MR) is 71.9 cm³/mol. The number of benzene rings is 1. The van der Waals surface area contributed by atoms with Gasteiger partial charge in [0.1, 0.15) is 5.82 Å². The summed E-state index contributed by atoms with van der Waals surface area (Å²) < 4.78 is 39.3. The summed E-state index contributed by atoms with van der Waals surface area (Å²) in [5, 5.41) is 9.77. The van der Waals surface area contributed by atoms with Crippen molar-refractivity contribution in [2.45, 2.75) is 38.2 Å². The van der Waals surface area contributed by atoms with E-state index < -0.39 is 21.4 Å². The molecule has 1 N–H and O–H groups in total. The van der Waals surface area contributed by atoms with E-state index in [4.69, 9.17) is 0 Å². The molecule has 0 aromatic heterocycles. The maximum absolute atomic E-state index is 13.3. The molecule has 0 aliphatic heterocycles. The molecule has 4 nitrogen and oxygen atoms in total. The topological polar surface area (TPSA) is 57.6 Å². The van der Waals surface area contributed by atoms with Crippen LogP contribution in [0.15, 0.2) is 23.1 Å². The molecule has 0 atom stereocenters. The molecule has 1 rings (SSSR count). The summed E-state index contributed by atoms with van der Waals surface area (Å²) in [6, 6.07) is 3.67. The van der Waals surface area contributed by atoms with Crippen molar-refractivity contribution in [1.82, 2.24) is 4.31 Å². The number of rotatable bonds is 5. The lowest BCUT2D eigenvalue weighted by Gasteiger charge is -2.27. The van der Waals surface area contributed by atoms with Gasteiger partial charge in [-0.05, 0) is 38.5 Å². The minimum absolute atomic E-state index is 0.0399. The zero-order valence-electron chi connectivity index (χ0n) is 11.6. The second-order valence-electron chi connectivity index (χ2n) is 5.15. The molecule has 0 aliphatic rings. The maximum atomic E-state index is 13.3. The molecule has 0 bridgehead atoms. The average Bonchev–Trinajstić information content (AvgIpc) is 2.27. The monoisotopic (exact) mass is 289 g/mol. The van der Waals surface area contributed by atoms with Crippen molar-refractivity contribution < 1.29 is 17.9 Å². The third-order valence-electron chi connectivity index (χ3n) is 2.68. The number of likely N-dealkylation sites (N-methyl/N-ethyl adjacent to an activating group) is 1. The number of hydrogen-bond donors (Lipinski definition) is 1. The van der Waals surface area contributed by atoms with Crippen molar-refractivity contribution in [3.63, 3.8) is 0 Å². The standard InChI is InChI=1S/C13H20FNO3S/c1-5-15(9-13(3,4)16)19(17,18)12-8-11(14)7-6-10(12)2/h6-8,16H,5,9H2,1-4H3. The first-order chi connectivity index (χ1) is 8.58. The van der Waals surface area contributed by atoms with Crippen molar-refractivity contribution in [2.24, 2.45) is 0 Å². The fraction of sp³-hybridized carbons (Fsp3) is 0.538. The van der Waals surface area contributed by atoms with Crippen LogP contribution < -0.4 is 0 Å². The number of halogens is 1. The van der Waals surface area contributed by atoms with Crippen molar-refractivity contribution in [3.05, 3.63) is 29.6 Å². The van der Waals surface area contributed by atoms with Crippen molar-refractivity contribution >= 4 is 10.0 Å². The molecule has 1 aromatic carbocycles. The van der Waals surface area contributed by atoms with E-state index in [1.165, 1.54) is 26.0 Å². The van der Waals surface area contributed by atoms with Gasteiger partial charge in [0.05, 0.1) is 10.5 Å². The Labute approximate surface area is 113 Å². The Bertz CT molecular complexity index is 549. The Balaban J connectivity index is 3.25. The lowest BCUT2D eigenvalue weighted by molar-refractivity contribution is 0.0601. The van der Waals surface area contributed by atoms with Crippen LogP contribution in [-0.4, -0.2) is 36.5 Å². The first kappa shape index (κ1) is 16.1. The Morgan fingerprint density at radius 3 is 2.42 bits per heavy atom. The Kier molecular flexibility index (Phi) is 4.71. The van der Waals surface area contributed by atoms with Crippen molar-refractivity contribution in [3.8, 4) is 0 Å². The van der Waals surface area contributed by atoms with E-state index in [0.29, 0.717) is 5.56 Å². The van der Waals surface area contributed by atoms with Crippen LogP contribution in [0.2, 0.25) is 0 Å². The highest BCUT2D eigenvalue weighted by molar-refractivity contribution is 7.89. The number of nitrogens with zero attached hydrogens (tertiary/aromatic N) is 1. The van der Waals surface area contributed by atoms with Gasteiger partial charge in [-0.2, -0.15) is 4.31 Å². The van der Waals surface area contributed by atoms with E-state index in [9.17, 15) is 17.9 Å². The summed E-state index contributed by atoms with van der Waals surface area (Å²) in [4.78, 5) is -0.0569. The normalized spacial score (nSPS) is 13.0. The zero-order chi connectivity index (χ0) is 14.8. The molecule has 19 heavy (non-hydrogen) atoms. The molecule has 0 radical (unpaired) electrons. The van der Waals surface area contributed by atoms with Crippen LogP contribution in [0.25, 0.3) is 0 Å². The summed E-state index contributed by atoms with van der Waals surface area (Å²) in [5.74, 6) is -0.594. The molecule has 6 heteroatoms. The molecular formula is C13H20FNO3S. The van der Waals surface area contributed by atoms with Gasteiger partial charge < -0.3 is 5.11 Å². The number of aliphatic hydroxyl groups is 1. The summed E-state index contributed by atoms with van der Waals surface area (Å²) in [6.45, 7) is 6.53. The first-order valence-electron chi connectivity index (χ1n) is 6.06. The molecule has 108 valence electrons. The molecule has 0 fully saturated rings. The Morgan fingerprint density at radius 2 is 1.95 bits per heavy atom. The lowest BCUT2D eigenvalue weighted by Crippen LogP contribution is -2.42. The van der Waals surface area contributed by atoms with Gasteiger partial charge in [0.25, 0.3) is 0 Å². The van der Waals surface area contributed by atoms with Gasteiger partial charge in [-0.25, -0.2) is 12.8 Å². The van der Waals surface area contributed by atoms with Gasteiger partial charge in [-0.15, -0.1) is 0 Å². The average molecular weight is 289 g/mol. The SMILES string of the molecule is CCN(CC(C)(C)O)S(=O)(=O)c1cc(F)ccc1C. The predicted octanol–water partition coefficient (Wildman–Crippen LogP) is 1.92. The van der Waals surface area contributed by atoms with E-state index in [1.54, 1.807) is 13.8 Å². The minimum Gasteiger partial charge on any atom is -0.389 e. The molecule has 0 unspecified atom stereocenters. The van der Waals surface area contributed by atoms with Crippen molar-refractivity contribution in [1.29, 1.82) is 0 Å². The van der Waals surface area contributed by atoms with Crippen LogP contribution in [0.5, 0.6) is 0 Å². The highest BCUT2D eigenvalue weighted by Gasteiger charge is 2.29. The zero-order valence-corrected chi connectivity index (χ0v) is 12.5. The molecular weight excluding hydrogens is 269 g/mol. The maximum Gasteiger partial charge on any atom is 0.243 e. The highest BCUT2D eigenvalue weighted by atomic mass is 32.2. The van der Waals surface area contributed by atoms with E-state index >= 15 is 0 Å². The Hall–Kier alpha value is -0.980. The molecule has 0 saturated heterocycles. The first-order valence-corrected chi connectivity index (χ1v) is 7.50. The van der Waals surface area contributed by atoms with E-state index in [2.05, 4.69) is 0 Å². The quantitative estimate of drug-likeness (QED) is 0.901. The van der Waals surface area contributed by atoms with Crippen LogP contribution in [0.1, 0.15) is 26.3 Å². The van der Waals surface area contributed by atoms with E-state index in [-0.39, 0.29) is 18.0 Å². The second kappa shape index (κ2) is 5.56. The highest BCUT2D eigenvalue weighted by Crippen LogP contribution is 2.22. The summed E-state index contributed by atoms with van der Waals surface area (Å²) >= 11 is 0. The molecule has 0 heterocycles. The lowest BCUT2D eigenvalue weighted by atomic mass is 10.1. The van der Waals surface area contributed by atoms with Gasteiger partial charge in [-0.3, -0.25) is 0 Å².